The molecule has 1 saturated heterocycles. The van der Waals surface area contributed by atoms with Crippen LogP contribution in [0.4, 0.5) is 3.89 Å². The van der Waals surface area contributed by atoms with Gasteiger partial charge in [-0.1, -0.05) is 13.3 Å². The Hall–Kier alpha value is -0.650. The van der Waals surface area contributed by atoms with Crippen LogP contribution in [0, 0.1) is 0 Å². The Morgan fingerprint density at radius 1 is 1.57 bits per heavy atom. The fourth-order valence-electron chi connectivity index (χ4n) is 1.49. The first-order chi connectivity index (χ1) is 6.45. The van der Waals surface area contributed by atoms with Gasteiger partial charge in [-0.25, -0.2) is 0 Å². The highest BCUT2D eigenvalue weighted by Crippen LogP contribution is 2.19. The molecule has 0 aromatic carbocycles. The second kappa shape index (κ2) is 4.25. The molecule has 1 heterocycles. The van der Waals surface area contributed by atoms with Crippen LogP contribution in [-0.2, 0) is 15.0 Å². The van der Waals surface area contributed by atoms with Crippen molar-refractivity contribution in [3.8, 4) is 0 Å². The molecule has 1 atom stereocenters. The lowest BCUT2D eigenvalue weighted by atomic mass is 10.3. The second-order valence-electron chi connectivity index (χ2n) is 3.50. The molecule has 0 bridgehead atoms. The van der Waals surface area contributed by atoms with Gasteiger partial charge in [-0.2, -0.15) is 8.42 Å². The fraction of sp³-hybridized carbons (Fsp3) is 0.875. The minimum Gasteiger partial charge on any atom is -0.341 e. The molecule has 1 fully saturated rings. The van der Waals surface area contributed by atoms with Gasteiger partial charge in [-0.3, -0.25) is 4.79 Å². The van der Waals surface area contributed by atoms with E-state index in [9.17, 15) is 17.1 Å². The van der Waals surface area contributed by atoms with E-state index in [1.807, 2.05) is 6.92 Å². The summed E-state index contributed by atoms with van der Waals surface area (Å²) in [5, 5.41) is -1.15. The lowest BCUT2D eigenvalue weighted by Crippen LogP contribution is -2.28. The molecule has 4 nitrogen and oxygen atoms in total. The smallest absolute Gasteiger partial charge is 0.307 e. The third-order valence-corrected chi connectivity index (χ3v) is 3.47. The van der Waals surface area contributed by atoms with Gasteiger partial charge in [-0.05, 0) is 6.42 Å². The van der Waals surface area contributed by atoms with Crippen molar-refractivity contribution in [3.05, 3.63) is 0 Å². The van der Waals surface area contributed by atoms with Crippen molar-refractivity contribution < 1.29 is 17.1 Å². The van der Waals surface area contributed by atoms with E-state index < -0.39 is 15.5 Å². The van der Waals surface area contributed by atoms with E-state index in [1.54, 1.807) is 0 Å². The van der Waals surface area contributed by atoms with E-state index in [0.29, 0.717) is 6.54 Å². The van der Waals surface area contributed by atoms with E-state index in [0.717, 1.165) is 12.8 Å². The Kier molecular flexibility index (Phi) is 3.47. The molecular formula is C8H14FNO3S. The highest BCUT2D eigenvalue weighted by Gasteiger charge is 2.37. The SMILES string of the molecule is CCCCN1CC(S(=O)(=O)F)CC1=O. The van der Waals surface area contributed by atoms with E-state index in [4.69, 9.17) is 0 Å². The third-order valence-electron chi connectivity index (χ3n) is 2.36. The average Bonchev–Trinajstić information content (AvgIpc) is 2.43. The number of likely N-dealkylation sites (tertiary alicyclic amines) is 1. The largest absolute Gasteiger partial charge is 0.341 e. The summed E-state index contributed by atoms with van der Waals surface area (Å²) in [5.41, 5.74) is 0. The second-order valence-corrected chi connectivity index (χ2v) is 5.11. The molecule has 0 N–H and O–H groups in total. The molecule has 1 aliphatic rings. The molecule has 1 amide bonds. The van der Waals surface area contributed by atoms with Gasteiger partial charge >= 0.3 is 10.2 Å². The number of hydrogen-bond acceptors (Lipinski definition) is 3. The van der Waals surface area contributed by atoms with E-state index in [2.05, 4.69) is 0 Å². The summed E-state index contributed by atoms with van der Waals surface area (Å²) < 4.78 is 33.7. The lowest BCUT2D eigenvalue weighted by Gasteiger charge is -2.14. The number of unbranched alkanes of at least 4 members (excludes halogenated alkanes) is 1. The zero-order valence-electron chi connectivity index (χ0n) is 8.07. The van der Waals surface area contributed by atoms with Crippen molar-refractivity contribution in [3.63, 3.8) is 0 Å². The monoisotopic (exact) mass is 223 g/mol. The molecule has 1 unspecified atom stereocenters. The zero-order chi connectivity index (χ0) is 10.8. The summed E-state index contributed by atoms with van der Waals surface area (Å²) in [7, 11) is -4.56. The Morgan fingerprint density at radius 3 is 2.64 bits per heavy atom. The zero-order valence-corrected chi connectivity index (χ0v) is 8.89. The van der Waals surface area contributed by atoms with Crippen LogP contribution in [0.2, 0.25) is 0 Å². The van der Waals surface area contributed by atoms with Crippen molar-refractivity contribution in [1.29, 1.82) is 0 Å². The van der Waals surface area contributed by atoms with Crippen LogP contribution in [-0.4, -0.2) is 37.6 Å². The first-order valence-electron chi connectivity index (χ1n) is 4.66. The first kappa shape index (κ1) is 11.4. The van der Waals surface area contributed by atoms with Crippen LogP contribution in [0.15, 0.2) is 0 Å². The summed E-state index contributed by atoms with van der Waals surface area (Å²) in [6.45, 7) is 2.52. The molecule has 0 aromatic heterocycles. The molecule has 0 spiro atoms. The van der Waals surface area contributed by atoms with Gasteiger partial charge < -0.3 is 4.90 Å². The molecule has 14 heavy (non-hydrogen) atoms. The fourth-order valence-corrected chi connectivity index (χ4v) is 2.19. The summed E-state index contributed by atoms with van der Waals surface area (Å²) in [4.78, 5) is 12.7. The van der Waals surface area contributed by atoms with Gasteiger partial charge in [0.25, 0.3) is 0 Å². The van der Waals surface area contributed by atoms with Gasteiger partial charge in [0.1, 0.15) is 5.25 Å². The van der Waals surface area contributed by atoms with Crippen molar-refractivity contribution in [2.75, 3.05) is 13.1 Å². The normalized spacial score (nSPS) is 23.1. The summed E-state index contributed by atoms with van der Waals surface area (Å²) in [6, 6.07) is 0. The number of halogens is 1. The van der Waals surface area contributed by atoms with Gasteiger partial charge in [0.15, 0.2) is 0 Å². The van der Waals surface area contributed by atoms with Gasteiger partial charge in [0, 0.05) is 19.5 Å². The highest BCUT2D eigenvalue weighted by molar-refractivity contribution is 7.87. The van der Waals surface area contributed by atoms with Crippen LogP contribution in [0.5, 0.6) is 0 Å². The van der Waals surface area contributed by atoms with Crippen molar-refractivity contribution in [2.45, 2.75) is 31.4 Å². The molecule has 0 aromatic rings. The predicted octanol–water partition coefficient (Wildman–Crippen LogP) is 0.687. The quantitative estimate of drug-likeness (QED) is 0.659. The number of amides is 1. The molecule has 0 saturated carbocycles. The van der Waals surface area contributed by atoms with Gasteiger partial charge in [0.05, 0.1) is 0 Å². The average molecular weight is 223 g/mol. The Morgan fingerprint density at radius 2 is 2.21 bits per heavy atom. The number of carbonyl (C=O) groups excluding carboxylic acids is 1. The lowest BCUT2D eigenvalue weighted by molar-refractivity contribution is -0.127. The summed E-state index contributed by atoms with van der Waals surface area (Å²) in [6.07, 6.45) is 1.55. The maximum absolute atomic E-state index is 12.6. The summed E-state index contributed by atoms with van der Waals surface area (Å²) in [5.74, 6) is -0.260. The minimum atomic E-state index is -4.56. The van der Waals surface area contributed by atoms with Crippen molar-refractivity contribution in [2.24, 2.45) is 0 Å². The molecule has 82 valence electrons. The Balaban J connectivity index is 2.56. The van der Waals surface area contributed by atoms with Crippen LogP contribution in [0.1, 0.15) is 26.2 Å². The molecule has 0 aliphatic carbocycles. The molecule has 0 radical (unpaired) electrons. The van der Waals surface area contributed by atoms with Crippen molar-refractivity contribution in [1.82, 2.24) is 4.90 Å². The topological polar surface area (TPSA) is 54.5 Å². The Bertz CT molecular complexity index is 315. The van der Waals surface area contributed by atoms with Crippen LogP contribution in [0.25, 0.3) is 0 Å². The maximum atomic E-state index is 12.6. The molecule has 6 heteroatoms. The van der Waals surface area contributed by atoms with E-state index >= 15 is 0 Å². The maximum Gasteiger partial charge on any atom is 0.307 e. The minimum absolute atomic E-state index is 0.0116. The number of rotatable bonds is 4. The first-order valence-corrected chi connectivity index (χ1v) is 6.11. The van der Waals surface area contributed by atoms with Gasteiger partial charge in [0.2, 0.25) is 5.91 Å². The van der Waals surface area contributed by atoms with Gasteiger partial charge in [-0.15, -0.1) is 3.89 Å². The van der Waals surface area contributed by atoms with E-state index in [1.165, 1.54) is 4.90 Å². The van der Waals surface area contributed by atoms with Crippen LogP contribution >= 0.6 is 0 Å². The van der Waals surface area contributed by atoms with Crippen molar-refractivity contribution >= 4 is 16.1 Å². The van der Waals surface area contributed by atoms with Crippen LogP contribution < -0.4 is 0 Å². The number of hydrogen-bond donors (Lipinski definition) is 0. The molecule has 1 rings (SSSR count). The highest BCUT2D eigenvalue weighted by atomic mass is 32.3. The predicted molar refractivity (Wildman–Crippen MR) is 49.9 cm³/mol. The van der Waals surface area contributed by atoms with E-state index in [-0.39, 0.29) is 18.9 Å². The summed E-state index contributed by atoms with van der Waals surface area (Å²) >= 11 is 0. The molecule has 1 aliphatic heterocycles. The number of carbonyl (C=O) groups is 1. The molecular weight excluding hydrogens is 209 g/mol. The number of nitrogens with zero attached hydrogens (tertiary/aromatic N) is 1. The standard InChI is InChI=1S/C8H14FNO3S/c1-2-3-4-10-6-7(5-8(10)11)14(9,12)13/h7H,2-6H2,1H3. The Labute approximate surface area is 83.3 Å². The third kappa shape index (κ3) is 2.67. The van der Waals surface area contributed by atoms with Crippen LogP contribution in [0.3, 0.4) is 0 Å².